The van der Waals surface area contributed by atoms with Crippen molar-refractivity contribution in [1.82, 2.24) is 14.5 Å². The van der Waals surface area contributed by atoms with E-state index in [9.17, 15) is 18.0 Å². The summed E-state index contributed by atoms with van der Waals surface area (Å²) in [6.07, 6.45) is 2.29. The van der Waals surface area contributed by atoms with E-state index in [1.807, 2.05) is 72.8 Å². The van der Waals surface area contributed by atoms with Crippen molar-refractivity contribution in [3.8, 4) is 0 Å². The maximum absolute atomic E-state index is 14.0. The number of rotatable bonds is 12. The van der Waals surface area contributed by atoms with Gasteiger partial charge in [0.1, 0.15) is 6.04 Å². The summed E-state index contributed by atoms with van der Waals surface area (Å²) in [6.45, 7) is 1.63. The SMILES string of the molecule is O=C(NCc1ccccc1)C(c1ccccc1)N(Cc1ccc(Cl)cc1)C(=O)CCc1ccc(S(=O)(=O)N2CCCC2)cc1. The van der Waals surface area contributed by atoms with Crippen LogP contribution in [-0.4, -0.2) is 42.5 Å². The minimum absolute atomic E-state index is 0.140. The van der Waals surface area contributed by atoms with E-state index >= 15 is 0 Å². The van der Waals surface area contributed by atoms with E-state index in [1.54, 1.807) is 41.3 Å². The molecule has 9 heteroatoms. The zero-order valence-electron chi connectivity index (χ0n) is 24.4. The highest BCUT2D eigenvalue weighted by atomic mass is 35.5. The van der Waals surface area contributed by atoms with Gasteiger partial charge in [0.25, 0.3) is 0 Å². The van der Waals surface area contributed by atoms with Gasteiger partial charge in [0.2, 0.25) is 21.8 Å². The predicted octanol–water partition coefficient (Wildman–Crippen LogP) is 6.14. The first-order chi connectivity index (χ1) is 21.3. The van der Waals surface area contributed by atoms with Crippen LogP contribution >= 0.6 is 11.6 Å². The molecule has 4 aromatic carbocycles. The molecule has 7 nitrogen and oxygen atoms in total. The van der Waals surface area contributed by atoms with Crippen LogP contribution in [0.25, 0.3) is 0 Å². The Hall–Kier alpha value is -3.98. The number of carbonyl (C=O) groups excluding carboxylic acids is 2. The third-order valence-electron chi connectivity index (χ3n) is 7.83. The number of amides is 2. The lowest BCUT2D eigenvalue weighted by Crippen LogP contribution is -2.43. The molecule has 0 spiro atoms. The Morgan fingerprint density at radius 1 is 0.773 bits per heavy atom. The van der Waals surface area contributed by atoms with Crippen molar-refractivity contribution in [2.45, 2.75) is 49.7 Å². The lowest BCUT2D eigenvalue weighted by Gasteiger charge is -2.32. The first-order valence-electron chi connectivity index (χ1n) is 14.8. The molecule has 0 saturated carbocycles. The summed E-state index contributed by atoms with van der Waals surface area (Å²) >= 11 is 6.13. The molecule has 1 heterocycles. The van der Waals surface area contributed by atoms with Gasteiger partial charge in [-0.1, -0.05) is 96.5 Å². The standard InChI is InChI=1S/C35H36ClN3O4S/c36-31-18-13-29(14-19-31)26-39(34(30-11-5-2-6-12-30)35(41)37-25-28-9-3-1-4-10-28)33(40)22-17-27-15-20-32(21-16-27)44(42,43)38-23-7-8-24-38/h1-6,9-16,18-21,34H,7-8,17,22-26H2,(H,37,41). The molecule has 0 aliphatic carbocycles. The van der Waals surface area contributed by atoms with Crippen LogP contribution in [0.1, 0.15) is 47.6 Å². The minimum Gasteiger partial charge on any atom is -0.350 e. The number of aryl methyl sites for hydroxylation is 1. The van der Waals surface area contributed by atoms with Gasteiger partial charge >= 0.3 is 0 Å². The van der Waals surface area contributed by atoms with E-state index in [0.29, 0.717) is 36.6 Å². The van der Waals surface area contributed by atoms with Gasteiger partial charge in [0, 0.05) is 37.6 Å². The third-order valence-corrected chi connectivity index (χ3v) is 9.99. The molecule has 1 N–H and O–H groups in total. The molecule has 1 saturated heterocycles. The van der Waals surface area contributed by atoms with Crippen molar-refractivity contribution < 1.29 is 18.0 Å². The van der Waals surface area contributed by atoms with Gasteiger partial charge < -0.3 is 10.2 Å². The summed E-state index contributed by atoms with van der Waals surface area (Å²) < 4.78 is 27.4. The Morgan fingerprint density at radius 2 is 1.36 bits per heavy atom. The highest BCUT2D eigenvalue weighted by Crippen LogP contribution is 2.27. The van der Waals surface area contributed by atoms with Gasteiger partial charge in [0.05, 0.1) is 4.90 Å². The number of nitrogens with zero attached hydrogens (tertiary/aromatic N) is 2. The molecule has 5 rings (SSSR count). The zero-order valence-corrected chi connectivity index (χ0v) is 26.0. The average molecular weight is 630 g/mol. The van der Waals surface area contributed by atoms with Crippen LogP contribution in [0.5, 0.6) is 0 Å². The van der Waals surface area contributed by atoms with E-state index < -0.39 is 16.1 Å². The van der Waals surface area contributed by atoms with Crippen LogP contribution in [-0.2, 0) is 39.1 Å². The molecule has 1 unspecified atom stereocenters. The normalized spacial score (nSPS) is 14.2. The molecule has 4 aromatic rings. The number of sulfonamides is 1. The maximum atomic E-state index is 14.0. The van der Waals surface area contributed by atoms with Crippen LogP contribution in [0.2, 0.25) is 5.02 Å². The lowest BCUT2D eigenvalue weighted by atomic mass is 10.0. The van der Waals surface area contributed by atoms with Crippen LogP contribution in [0.15, 0.2) is 114 Å². The van der Waals surface area contributed by atoms with Crippen molar-refractivity contribution in [2.75, 3.05) is 13.1 Å². The fourth-order valence-corrected chi connectivity index (χ4v) is 7.04. The minimum atomic E-state index is -3.51. The lowest BCUT2D eigenvalue weighted by molar-refractivity contribution is -0.141. The number of benzene rings is 4. The number of nitrogens with one attached hydrogen (secondary N) is 1. The Labute approximate surface area is 264 Å². The van der Waals surface area contributed by atoms with Gasteiger partial charge in [-0.3, -0.25) is 9.59 Å². The van der Waals surface area contributed by atoms with Gasteiger partial charge in [-0.2, -0.15) is 4.31 Å². The summed E-state index contributed by atoms with van der Waals surface area (Å²) in [6, 6.07) is 32.1. The average Bonchev–Trinajstić information content (AvgIpc) is 3.61. The molecule has 44 heavy (non-hydrogen) atoms. The molecular formula is C35H36ClN3O4S. The molecule has 1 aliphatic rings. The smallest absolute Gasteiger partial charge is 0.247 e. The summed E-state index contributed by atoms with van der Waals surface area (Å²) in [4.78, 5) is 29.7. The summed E-state index contributed by atoms with van der Waals surface area (Å²) in [5, 5.41) is 3.62. The highest BCUT2D eigenvalue weighted by Gasteiger charge is 2.31. The largest absolute Gasteiger partial charge is 0.350 e. The van der Waals surface area contributed by atoms with Crippen LogP contribution in [0.3, 0.4) is 0 Å². The predicted molar refractivity (Wildman–Crippen MR) is 172 cm³/mol. The van der Waals surface area contributed by atoms with E-state index in [4.69, 9.17) is 11.6 Å². The topological polar surface area (TPSA) is 86.8 Å². The molecule has 1 fully saturated rings. The first kappa shape index (κ1) is 31.4. The monoisotopic (exact) mass is 629 g/mol. The third kappa shape index (κ3) is 7.94. The molecular weight excluding hydrogens is 594 g/mol. The molecule has 0 radical (unpaired) electrons. The Bertz CT molecular complexity index is 1640. The van der Waals surface area contributed by atoms with E-state index in [-0.39, 0.29) is 29.7 Å². The van der Waals surface area contributed by atoms with Crippen LogP contribution in [0, 0.1) is 0 Å². The van der Waals surface area contributed by atoms with Gasteiger partial charge in [0.15, 0.2) is 0 Å². The molecule has 1 aliphatic heterocycles. The number of hydrogen-bond acceptors (Lipinski definition) is 4. The highest BCUT2D eigenvalue weighted by molar-refractivity contribution is 7.89. The molecule has 0 aromatic heterocycles. The molecule has 228 valence electrons. The van der Waals surface area contributed by atoms with Crippen molar-refractivity contribution in [1.29, 1.82) is 0 Å². The van der Waals surface area contributed by atoms with Gasteiger partial charge in [-0.05, 0) is 65.8 Å². The Morgan fingerprint density at radius 3 is 2.00 bits per heavy atom. The second kappa shape index (κ2) is 14.7. The first-order valence-corrected chi connectivity index (χ1v) is 16.6. The molecule has 0 bridgehead atoms. The Balaban J connectivity index is 1.37. The number of carbonyl (C=O) groups is 2. The van der Waals surface area contributed by atoms with Gasteiger partial charge in [-0.25, -0.2) is 8.42 Å². The fraction of sp³-hybridized carbons (Fsp3) is 0.257. The quantitative estimate of drug-likeness (QED) is 0.204. The number of hydrogen-bond donors (Lipinski definition) is 1. The zero-order chi connectivity index (χ0) is 30.9. The Kier molecular flexibility index (Phi) is 10.5. The second-order valence-electron chi connectivity index (χ2n) is 10.9. The van der Waals surface area contributed by atoms with Crippen molar-refractivity contribution in [3.05, 3.63) is 136 Å². The van der Waals surface area contributed by atoms with Crippen molar-refractivity contribution >= 4 is 33.4 Å². The molecule has 2 amide bonds. The van der Waals surface area contributed by atoms with E-state index in [0.717, 1.165) is 29.5 Å². The summed E-state index contributed by atoms with van der Waals surface area (Å²) in [5.74, 6) is -0.476. The van der Waals surface area contributed by atoms with Gasteiger partial charge in [-0.15, -0.1) is 0 Å². The van der Waals surface area contributed by atoms with Crippen molar-refractivity contribution in [2.24, 2.45) is 0 Å². The van der Waals surface area contributed by atoms with Crippen molar-refractivity contribution in [3.63, 3.8) is 0 Å². The van der Waals surface area contributed by atoms with E-state index in [1.165, 1.54) is 4.31 Å². The van der Waals surface area contributed by atoms with Crippen LogP contribution in [0.4, 0.5) is 0 Å². The fourth-order valence-electron chi connectivity index (χ4n) is 5.40. The summed E-state index contributed by atoms with van der Waals surface area (Å²) in [7, 11) is -3.51. The number of halogens is 1. The van der Waals surface area contributed by atoms with Crippen LogP contribution < -0.4 is 5.32 Å². The molecule has 1 atom stereocenters. The second-order valence-corrected chi connectivity index (χ2v) is 13.3. The summed E-state index contributed by atoms with van der Waals surface area (Å²) in [5.41, 5.74) is 3.35. The maximum Gasteiger partial charge on any atom is 0.247 e. The van der Waals surface area contributed by atoms with E-state index in [2.05, 4.69) is 5.32 Å².